The predicted molar refractivity (Wildman–Crippen MR) is 70.9 cm³/mol. The van der Waals surface area contributed by atoms with Gasteiger partial charge in [-0.1, -0.05) is 0 Å². The zero-order valence-corrected chi connectivity index (χ0v) is 11.2. The molecule has 0 saturated carbocycles. The Hall–Kier alpha value is -3.02. The van der Waals surface area contributed by atoms with E-state index in [4.69, 9.17) is 4.84 Å². The number of non-ortho nitro benzene ring substituents is 1. The number of hydrazine groups is 1. The number of hydrogen-bond acceptors (Lipinski definition) is 8. The minimum atomic E-state index is -0.849. The Bertz CT molecular complexity index is 614. The summed E-state index contributed by atoms with van der Waals surface area (Å²) in [6, 6.07) is 2.79. The summed E-state index contributed by atoms with van der Waals surface area (Å²) in [6.07, 6.45) is 0. The van der Waals surface area contributed by atoms with Crippen LogP contribution in [-0.4, -0.2) is 46.0 Å². The molecule has 0 spiro atoms. The molecule has 12 nitrogen and oxygen atoms in total. The Morgan fingerprint density at radius 1 is 1.14 bits per heavy atom. The predicted octanol–water partition coefficient (Wildman–Crippen LogP) is 0.580. The van der Waals surface area contributed by atoms with Crippen LogP contribution in [0.4, 0.5) is 11.4 Å². The summed E-state index contributed by atoms with van der Waals surface area (Å²) in [5, 5.41) is 40.8. The summed E-state index contributed by atoms with van der Waals surface area (Å²) in [7, 11) is 0. The summed E-state index contributed by atoms with van der Waals surface area (Å²) < 4.78 is 0. The fourth-order valence-corrected chi connectivity index (χ4v) is 1.79. The fraction of sp³-hybridized carbons (Fsp3) is 0.400. The van der Waals surface area contributed by atoms with Gasteiger partial charge >= 0.3 is 5.69 Å². The van der Waals surface area contributed by atoms with Crippen LogP contribution in [0.15, 0.2) is 23.5 Å². The fourth-order valence-electron chi connectivity index (χ4n) is 1.79. The van der Waals surface area contributed by atoms with Crippen molar-refractivity contribution in [3.63, 3.8) is 0 Å². The lowest BCUT2D eigenvalue weighted by atomic mass is 10.2. The van der Waals surface area contributed by atoms with Gasteiger partial charge in [-0.15, -0.1) is 5.01 Å². The van der Waals surface area contributed by atoms with Gasteiger partial charge in [0.15, 0.2) is 0 Å². The SMILES string of the molecule is O=[N+]([O-])c1ccc(O/N=[N+](\[O-])N2CCNCC2)c([N+](=O)[O-])c1. The van der Waals surface area contributed by atoms with E-state index in [2.05, 4.69) is 10.6 Å². The molecule has 118 valence electrons. The molecule has 1 heterocycles. The van der Waals surface area contributed by atoms with Crippen LogP contribution in [0.3, 0.4) is 0 Å². The van der Waals surface area contributed by atoms with E-state index in [0.717, 1.165) is 18.2 Å². The van der Waals surface area contributed by atoms with Gasteiger partial charge in [-0.3, -0.25) is 25.1 Å². The molecule has 0 amide bonds. The second-order valence-electron chi connectivity index (χ2n) is 4.30. The van der Waals surface area contributed by atoms with E-state index in [0.29, 0.717) is 26.2 Å². The molecular weight excluding hydrogens is 300 g/mol. The van der Waals surface area contributed by atoms with E-state index in [1.807, 2.05) is 0 Å². The van der Waals surface area contributed by atoms with Crippen LogP contribution in [0.25, 0.3) is 0 Å². The molecule has 1 aromatic rings. The van der Waals surface area contributed by atoms with Gasteiger partial charge < -0.3 is 10.5 Å². The monoisotopic (exact) mass is 312 g/mol. The van der Waals surface area contributed by atoms with Crippen molar-refractivity contribution in [2.45, 2.75) is 0 Å². The van der Waals surface area contributed by atoms with Crippen molar-refractivity contribution < 1.29 is 19.7 Å². The van der Waals surface area contributed by atoms with Crippen LogP contribution in [0.5, 0.6) is 5.75 Å². The number of piperazine rings is 1. The van der Waals surface area contributed by atoms with Crippen LogP contribution >= 0.6 is 0 Å². The number of hydrogen-bond donors (Lipinski definition) is 1. The van der Waals surface area contributed by atoms with E-state index in [9.17, 15) is 25.4 Å². The van der Waals surface area contributed by atoms with E-state index in [1.165, 1.54) is 5.01 Å². The average molecular weight is 312 g/mol. The smallest absolute Gasteiger partial charge is 0.321 e. The number of nitro groups is 2. The van der Waals surface area contributed by atoms with Crippen molar-refractivity contribution in [3.8, 4) is 5.75 Å². The normalized spacial score (nSPS) is 15.5. The first kappa shape index (κ1) is 15.4. The summed E-state index contributed by atoms with van der Waals surface area (Å²) in [4.78, 5) is 24.8. The first-order valence-corrected chi connectivity index (χ1v) is 6.22. The molecule has 1 fully saturated rings. The molecule has 1 aromatic carbocycles. The molecule has 0 radical (unpaired) electrons. The van der Waals surface area contributed by atoms with Crippen molar-refractivity contribution in [1.29, 1.82) is 0 Å². The highest BCUT2D eigenvalue weighted by atomic mass is 16.7. The average Bonchev–Trinajstić information content (AvgIpc) is 2.53. The van der Waals surface area contributed by atoms with Crippen LogP contribution in [0.2, 0.25) is 0 Å². The highest BCUT2D eigenvalue weighted by Gasteiger charge is 2.23. The molecule has 1 aliphatic rings. The Morgan fingerprint density at radius 3 is 2.41 bits per heavy atom. The summed E-state index contributed by atoms with van der Waals surface area (Å²) in [6.45, 7) is 2.04. The maximum absolute atomic E-state index is 11.7. The van der Waals surface area contributed by atoms with Crippen LogP contribution < -0.4 is 10.2 Å². The Balaban J connectivity index is 2.17. The molecular formula is C10H12N6O6. The van der Waals surface area contributed by atoms with Crippen LogP contribution in [0, 0.1) is 25.4 Å². The third-order valence-electron chi connectivity index (χ3n) is 2.89. The Morgan fingerprint density at radius 2 is 1.82 bits per heavy atom. The van der Waals surface area contributed by atoms with Crippen molar-refractivity contribution >= 4 is 11.4 Å². The van der Waals surface area contributed by atoms with E-state index in [-0.39, 0.29) is 10.7 Å². The van der Waals surface area contributed by atoms with Gasteiger partial charge in [-0.2, -0.15) is 0 Å². The standard InChI is InChI=1S/C10H12N6O6/c17-14(18)8-1-2-10(9(7-8)15(19)20)22-12-16(21)13-5-3-11-4-6-13/h1-2,7,11H,3-6H2/b16-12-. The van der Waals surface area contributed by atoms with Gasteiger partial charge in [0.25, 0.3) is 5.69 Å². The Labute approximate surface area is 123 Å². The maximum Gasteiger partial charge on any atom is 0.321 e. The summed E-state index contributed by atoms with van der Waals surface area (Å²) >= 11 is 0. The highest BCUT2D eigenvalue weighted by molar-refractivity contribution is 5.53. The second kappa shape index (κ2) is 6.62. The molecule has 22 heavy (non-hydrogen) atoms. The number of benzene rings is 1. The third kappa shape index (κ3) is 3.54. The van der Waals surface area contributed by atoms with Crippen molar-refractivity contribution in [2.24, 2.45) is 5.28 Å². The number of rotatable bonds is 5. The van der Waals surface area contributed by atoms with Crippen molar-refractivity contribution in [2.75, 3.05) is 26.2 Å². The molecule has 0 atom stereocenters. The number of nitro benzene ring substituents is 2. The number of nitrogens with one attached hydrogen (secondary N) is 1. The van der Waals surface area contributed by atoms with Gasteiger partial charge in [-0.05, 0) is 6.07 Å². The lowest BCUT2D eigenvalue weighted by Gasteiger charge is -2.22. The lowest BCUT2D eigenvalue weighted by molar-refractivity contribution is -0.708. The van der Waals surface area contributed by atoms with E-state index in [1.54, 1.807) is 0 Å². The van der Waals surface area contributed by atoms with Gasteiger partial charge in [0.1, 0.15) is 0 Å². The van der Waals surface area contributed by atoms with E-state index >= 15 is 0 Å². The summed E-state index contributed by atoms with van der Waals surface area (Å²) in [5.74, 6) is -0.355. The first-order valence-electron chi connectivity index (χ1n) is 6.22. The molecule has 2 rings (SSSR count). The maximum atomic E-state index is 11.7. The minimum Gasteiger partial charge on any atom is -0.569 e. The topological polar surface area (TPSA) is 149 Å². The van der Waals surface area contributed by atoms with Gasteiger partial charge in [0.05, 0.1) is 34.0 Å². The molecule has 0 aromatic heterocycles. The minimum absolute atomic E-state index is 0.200. The zero-order valence-electron chi connectivity index (χ0n) is 11.2. The van der Waals surface area contributed by atoms with Gasteiger partial charge in [0.2, 0.25) is 11.0 Å². The Kier molecular flexibility index (Phi) is 4.63. The summed E-state index contributed by atoms with van der Waals surface area (Å²) in [5.41, 5.74) is -1.10. The molecule has 0 aliphatic carbocycles. The molecule has 1 saturated heterocycles. The molecule has 0 bridgehead atoms. The number of nitrogens with zero attached hydrogens (tertiary/aromatic N) is 5. The largest absolute Gasteiger partial charge is 0.569 e. The molecule has 0 unspecified atom stereocenters. The first-order chi connectivity index (χ1) is 10.5. The molecule has 1 N–H and O–H groups in total. The van der Waals surface area contributed by atoms with Crippen molar-refractivity contribution in [3.05, 3.63) is 43.6 Å². The van der Waals surface area contributed by atoms with Gasteiger partial charge in [-0.25, -0.2) is 0 Å². The van der Waals surface area contributed by atoms with Crippen LogP contribution in [-0.2, 0) is 0 Å². The van der Waals surface area contributed by atoms with Crippen molar-refractivity contribution in [1.82, 2.24) is 10.3 Å². The zero-order chi connectivity index (χ0) is 16.1. The second-order valence-corrected chi connectivity index (χ2v) is 4.30. The van der Waals surface area contributed by atoms with Gasteiger partial charge in [0, 0.05) is 19.2 Å². The molecule has 12 heteroatoms. The quantitative estimate of drug-likeness (QED) is 0.359. The third-order valence-corrected chi connectivity index (χ3v) is 2.89. The lowest BCUT2D eigenvalue weighted by Crippen LogP contribution is -2.46. The van der Waals surface area contributed by atoms with E-state index < -0.39 is 21.2 Å². The van der Waals surface area contributed by atoms with Crippen LogP contribution in [0.1, 0.15) is 0 Å². The highest BCUT2D eigenvalue weighted by Crippen LogP contribution is 2.31. The molecule has 1 aliphatic heterocycles.